The third-order valence-corrected chi connectivity index (χ3v) is 12.5. The summed E-state index contributed by atoms with van der Waals surface area (Å²) in [5.41, 5.74) is 3.58. The first-order chi connectivity index (χ1) is 18.4. The largest absolute Gasteiger partial charge is 0.363 e. The van der Waals surface area contributed by atoms with Crippen molar-refractivity contribution >= 4 is 11.4 Å². The van der Waals surface area contributed by atoms with Crippen LogP contribution in [0.5, 0.6) is 0 Å². The quantitative estimate of drug-likeness (QED) is 0.405. The van der Waals surface area contributed by atoms with Crippen molar-refractivity contribution in [3.8, 4) is 0 Å². The number of benzene rings is 2. The van der Waals surface area contributed by atoms with Gasteiger partial charge in [-0.25, -0.2) is 0 Å². The van der Waals surface area contributed by atoms with Crippen LogP contribution in [0.25, 0.3) is 5.57 Å². The van der Waals surface area contributed by atoms with Crippen LogP contribution in [0.4, 0.5) is 0 Å². The Labute approximate surface area is 229 Å². The Balaban J connectivity index is 1.17. The smallest absolute Gasteiger partial charge is 0.166 e. The van der Waals surface area contributed by atoms with Gasteiger partial charge in [0.1, 0.15) is 5.60 Å². The number of carbonyl (C=O) groups excluding carboxylic acids is 1. The molecule has 2 heteroatoms. The van der Waals surface area contributed by atoms with E-state index >= 15 is 0 Å². The lowest BCUT2D eigenvalue weighted by Gasteiger charge is -2.70. The van der Waals surface area contributed by atoms with Gasteiger partial charge in [0.2, 0.25) is 0 Å². The minimum Gasteiger partial charge on any atom is -0.363 e. The van der Waals surface area contributed by atoms with Crippen LogP contribution in [0.15, 0.2) is 66.7 Å². The zero-order valence-corrected chi connectivity index (χ0v) is 23.5. The molecule has 38 heavy (non-hydrogen) atoms. The van der Waals surface area contributed by atoms with Crippen LogP contribution in [0.3, 0.4) is 0 Å². The molecule has 0 N–H and O–H groups in total. The molecule has 2 nitrogen and oxygen atoms in total. The van der Waals surface area contributed by atoms with Gasteiger partial charge in [0.15, 0.2) is 5.78 Å². The topological polar surface area (TPSA) is 26.3 Å². The molecular formula is C36H44O2. The van der Waals surface area contributed by atoms with E-state index in [0.29, 0.717) is 41.5 Å². The Morgan fingerprint density at radius 3 is 2.26 bits per heavy atom. The van der Waals surface area contributed by atoms with E-state index in [1.165, 1.54) is 55.2 Å². The highest BCUT2D eigenvalue weighted by atomic mass is 16.5. The van der Waals surface area contributed by atoms with Crippen molar-refractivity contribution in [2.45, 2.75) is 90.3 Å². The van der Waals surface area contributed by atoms with E-state index in [0.717, 1.165) is 19.3 Å². The summed E-state index contributed by atoms with van der Waals surface area (Å²) in [5.74, 6) is 3.34. The number of rotatable bonds is 5. The van der Waals surface area contributed by atoms with E-state index in [9.17, 15) is 4.79 Å². The van der Waals surface area contributed by atoms with Crippen molar-refractivity contribution in [3.05, 3.63) is 77.9 Å². The van der Waals surface area contributed by atoms with E-state index in [-0.39, 0.29) is 10.8 Å². The fourth-order valence-corrected chi connectivity index (χ4v) is 10.7. The van der Waals surface area contributed by atoms with E-state index < -0.39 is 5.60 Å². The number of allylic oxidation sites excluding steroid dienone is 1. The Morgan fingerprint density at radius 2 is 1.58 bits per heavy atom. The summed E-state index contributed by atoms with van der Waals surface area (Å²) >= 11 is 0. The van der Waals surface area contributed by atoms with Gasteiger partial charge in [0.05, 0.1) is 6.10 Å². The van der Waals surface area contributed by atoms with Gasteiger partial charge in [-0.15, -0.1) is 0 Å². The van der Waals surface area contributed by atoms with E-state index in [4.69, 9.17) is 4.74 Å². The highest BCUT2D eigenvalue weighted by Gasteiger charge is 2.74. The monoisotopic (exact) mass is 508 g/mol. The molecule has 200 valence electrons. The summed E-state index contributed by atoms with van der Waals surface area (Å²) in [5, 5.41) is 0. The van der Waals surface area contributed by atoms with Gasteiger partial charge < -0.3 is 4.74 Å². The van der Waals surface area contributed by atoms with Crippen molar-refractivity contribution < 1.29 is 9.53 Å². The average Bonchev–Trinajstić information content (AvgIpc) is 3.26. The number of Topliss-reactive ketones (excluding diaryl/α,β-unsaturated/α-hetero) is 1. The molecule has 2 aromatic rings. The SMILES string of the molecule is C[C@H](CC=C(c1ccccc1)c1ccccc1)[C@H]1CC[C@H]2[C@@H]3CC[C@@H]4C[C@@H]5CC[C@]4(C)[C@@]3(O5)C(=O)C[C@]12C. The second-order valence-electron chi connectivity index (χ2n) is 14.0. The molecule has 9 atom stereocenters. The summed E-state index contributed by atoms with van der Waals surface area (Å²) in [7, 11) is 0. The van der Waals surface area contributed by atoms with Crippen molar-refractivity contribution in [1.29, 1.82) is 0 Å². The van der Waals surface area contributed by atoms with E-state index in [1.807, 2.05) is 0 Å². The summed E-state index contributed by atoms with van der Waals surface area (Å²) in [6.45, 7) is 7.38. The number of ether oxygens (including phenoxy) is 1. The van der Waals surface area contributed by atoms with Crippen molar-refractivity contribution in [3.63, 3.8) is 0 Å². The highest BCUT2D eigenvalue weighted by molar-refractivity contribution is 5.91. The van der Waals surface area contributed by atoms with Crippen molar-refractivity contribution in [2.75, 3.05) is 0 Å². The van der Waals surface area contributed by atoms with Crippen molar-refractivity contribution in [1.82, 2.24) is 0 Å². The van der Waals surface area contributed by atoms with Gasteiger partial charge in [-0.05, 0) is 103 Å². The van der Waals surface area contributed by atoms with Crippen LogP contribution in [0.2, 0.25) is 0 Å². The molecule has 2 aromatic carbocycles. The lowest BCUT2D eigenvalue weighted by molar-refractivity contribution is -0.307. The number of hydrogen-bond acceptors (Lipinski definition) is 2. The summed E-state index contributed by atoms with van der Waals surface area (Å²) in [4.78, 5) is 14.4. The predicted octanol–water partition coefficient (Wildman–Crippen LogP) is 8.50. The Bertz CT molecular complexity index is 1190. The number of fused-ring (bicyclic) bond motifs is 3. The molecule has 4 bridgehead atoms. The lowest BCUT2D eigenvalue weighted by atomic mass is 9.40. The van der Waals surface area contributed by atoms with Gasteiger partial charge >= 0.3 is 0 Å². The van der Waals surface area contributed by atoms with Crippen LogP contribution in [0.1, 0.15) is 89.7 Å². The average molecular weight is 509 g/mol. The van der Waals surface area contributed by atoms with Gasteiger partial charge in [0, 0.05) is 11.8 Å². The third kappa shape index (κ3) is 3.38. The molecule has 2 aliphatic heterocycles. The van der Waals surface area contributed by atoms with Crippen LogP contribution < -0.4 is 0 Å². The third-order valence-electron chi connectivity index (χ3n) is 12.5. The fraction of sp³-hybridized carbons (Fsp3) is 0.583. The Morgan fingerprint density at radius 1 is 0.921 bits per heavy atom. The zero-order valence-electron chi connectivity index (χ0n) is 23.5. The summed E-state index contributed by atoms with van der Waals surface area (Å²) in [6.07, 6.45) is 13.2. The standard InChI is InChI=1S/C36H44O2/c1-24(14-16-29(25-10-6-4-7-11-25)26-12-8-5-9-13-26)30-18-19-31-32-17-15-27-22-28-20-21-35(27,3)36(32,38-28)33(37)23-34(30,31)2/h4-13,16,24,27-28,30-32H,14-15,17-23H2,1-3H3/t24-,27-,28+,30-,31+,32+,34-,35+,36+/m1/s1. The van der Waals surface area contributed by atoms with Crippen LogP contribution in [0, 0.1) is 40.4 Å². The molecule has 0 radical (unpaired) electrons. The van der Waals surface area contributed by atoms with Gasteiger partial charge in [0.25, 0.3) is 0 Å². The molecule has 2 heterocycles. The number of ketones is 1. The van der Waals surface area contributed by atoms with E-state index in [2.05, 4.69) is 87.5 Å². The summed E-state index contributed by atoms with van der Waals surface area (Å²) in [6, 6.07) is 21.6. The maximum atomic E-state index is 14.4. The summed E-state index contributed by atoms with van der Waals surface area (Å²) < 4.78 is 6.93. The molecular weight excluding hydrogens is 464 g/mol. The Hall–Kier alpha value is -2.19. The molecule has 4 saturated carbocycles. The van der Waals surface area contributed by atoms with Crippen LogP contribution in [-0.4, -0.2) is 17.5 Å². The molecule has 0 unspecified atom stereocenters. The first-order valence-electron chi connectivity index (χ1n) is 15.4. The highest BCUT2D eigenvalue weighted by Crippen LogP contribution is 2.72. The maximum absolute atomic E-state index is 14.4. The van der Waals surface area contributed by atoms with Crippen LogP contribution >= 0.6 is 0 Å². The Kier molecular flexibility index (Phi) is 5.82. The van der Waals surface area contributed by atoms with Gasteiger partial charge in [-0.3, -0.25) is 4.79 Å². The fourth-order valence-electron chi connectivity index (χ4n) is 10.7. The minimum absolute atomic E-state index is 0.0653. The van der Waals surface area contributed by atoms with Gasteiger partial charge in [-0.1, -0.05) is 87.5 Å². The van der Waals surface area contributed by atoms with Gasteiger partial charge in [-0.2, -0.15) is 0 Å². The number of hydrogen-bond donors (Lipinski definition) is 0. The molecule has 0 aromatic heterocycles. The second-order valence-corrected chi connectivity index (χ2v) is 14.0. The minimum atomic E-state index is -0.479. The van der Waals surface area contributed by atoms with Crippen molar-refractivity contribution in [2.24, 2.45) is 40.4 Å². The van der Waals surface area contributed by atoms with E-state index in [1.54, 1.807) is 0 Å². The normalized spacial score (nSPS) is 41.8. The molecule has 6 fully saturated rings. The zero-order chi connectivity index (χ0) is 26.1. The second kappa shape index (κ2) is 8.91. The molecule has 4 aliphatic carbocycles. The number of carbonyl (C=O) groups is 1. The molecule has 1 spiro atoms. The molecule has 0 amide bonds. The molecule has 6 aliphatic rings. The van der Waals surface area contributed by atoms with Crippen LogP contribution in [-0.2, 0) is 9.53 Å². The molecule has 8 rings (SSSR count). The maximum Gasteiger partial charge on any atom is 0.166 e. The first kappa shape index (κ1) is 24.8. The lowest BCUT2D eigenvalue weighted by Crippen LogP contribution is -2.75. The molecule has 2 saturated heterocycles. The first-order valence-corrected chi connectivity index (χ1v) is 15.4. The predicted molar refractivity (Wildman–Crippen MR) is 153 cm³/mol.